The Morgan fingerprint density at radius 3 is 2.86 bits per heavy atom. The first-order chi connectivity index (χ1) is 6.63. The Bertz CT molecular complexity index is 328. The number of halogens is 1. The van der Waals surface area contributed by atoms with Gasteiger partial charge in [-0.25, -0.2) is 0 Å². The lowest BCUT2D eigenvalue weighted by Gasteiger charge is -2.07. The Labute approximate surface area is 93.0 Å². The molecule has 1 aromatic rings. The first-order valence-electron chi connectivity index (χ1n) is 4.22. The van der Waals surface area contributed by atoms with E-state index in [0.29, 0.717) is 0 Å². The maximum Gasteiger partial charge on any atom is 0.242 e. The molecular formula is C10H12ClNOS. The molecule has 1 N–H and O–H groups in total. The van der Waals surface area contributed by atoms with Gasteiger partial charge in [0.1, 0.15) is 5.38 Å². The smallest absolute Gasteiger partial charge is 0.242 e. The minimum Gasteiger partial charge on any atom is -0.325 e. The van der Waals surface area contributed by atoms with E-state index in [1.807, 2.05) is 30.5 Å². The summed E-state index contributed by atoms with van der Waals surface area (Å²) in [4.78, 5) is 12.4. The topological polar surface area (TPSA) is 29.1 Å². The fraction of sp³-hybridized carbons (Fsp3) is 0.300. The van der Waals surface area contributed by atoms with Gasteiger partial charge in [0, 0.05) is 10.6 Å². The Hall–Kier alpha value is -0.670. The van der Waals surface area contributed by atoms with E-state index in [4.69, 9.17) is 11.6 Å². The van der Waals surface area contributed by atoms with Crippen LogP contribution in [0.25, 0.3) is 0 Å². The number of anilines is 1. The molecule has 4 heteroatoms. The summed E-state index contributed by atoms with van der Waals surface area (Å²) in [6.45, 7) is 1.65. The number of hydrogen-bond acceptors (Lipinski definition) is 2. The SMILES string of the molecule is CSc1cccc(NC(=O)C(C)Cl)c1. The van der Waals surface area contributed by atoms with Crippen LogP contribution < -0.4 is 5.32 Å². The number of rotatable bonds is 3. The monoisotopic (exact) mass is 229 g/mol. The number of thioether (sulfide) groups is 1. The van der Waals surface area contributed by atoms with Gasteiger partial charge in [-0.2, -0.15) is 0 Å². The molecule has 0 aliphatic rings. The van der Waals surface area contributed by atoms with E-state index >= 15 is 0 Å². The number of amides is 1. The molecule has 1 amide bonds. The third-order valence-electron chi connectivity index (χ3n) is 1.70. The molecule has 0 aliphatic carbocycles. The van der Waals surface area contributed by atoms with Crippen LogP contribution in [0.5, 0.6) is 0 Å². The Morgan fingerprint density at radius 2 is 2.29 bits per heavy atom. The maximum absolute atomic E-state index is 11.3. The van der Waals surface area contributed by atoms with Gasteiger partial charge < -0.3 is 5.32 Å². The van der Waals surface area contributed by atoms with E-state index in [-0.39, 0.29) is 5.91 Å². The lowest BCUT2D eigenvalue weighted by atomic mass is 10.3. The second-order valence-corrected chi connectivity index (χ2v) is 4.37. The van der Waals surface area contributed by atoms with Crippen LogP contribution in [0, 0.1) is 0 Å². The van der Waals surface area contributed by atoms with Gasteiger partial charge in [0.05, 0.1) is 0 Å². The Kier molecular flexibility index (Phi) is 4.29. The van der Waals surface area contributed by atoms with Gasteiger partial charge in [-0.3, -0.25) is 4.79 Å². The number of hydrogen-bond donors (Lipinski definition) is 1. The fourth-order valence-corrected chi connectivity index (χ4v) is 1.46. The standard InChI is InChI=1S/C10H12ClNOS/c1-7(11)10(13)12-8-4-3-5-9(6-8)14-2/h3-7H,1-2H3,(H,12,13). The number of carbonyl (C=O) groups excluding carboxylic acids is 1. The third-order valence-corrected chi connectivity index (χ3v) is 2.62. The van der Waals surface area contributed by atoms with Gasteiger partial charge in [-0.15, -0.1) is 23.4 Å². The van der Waals surface area contributed by atoms with Crippen LogP contribution in [0.2, 0.25) is 0 Å². The summed E-state index contributed by atoms with van der Waals surface area (Å²) in [5, 5.41) is 2.23. The normalized spacial score (nSPS) is 12.2. The minimum atomic E-state index is -0.507. The largest absolute Gasteiger partial charge is 0.325 e. The molecule has 0 saturated carbocycles. The molecule has 0 saturated heterocycles. The van der Waals surface area contributed by atoms with E-state index < -0.39 is 5.38 Å². The van der Waals surface area contributed by atoms with E-state index in [9.17, 15) is 4.79 Å². The van der Waals surface area contributed by atoms with Crippen molar-refractivity contribution in [2.75, 3.05) is 11.6 Å². The van der Waals surface area contributed by atoms with Crippen molar-refractivity contribution in [1.82, 2.24) is 0 Å². The quantitative estimate of drug-likeness (QED) is 0.638. The second-order valence-electron chi connectivity index (χ2n) is 2.84. The van der Waals surface area contributed by atoms with Crippen molar-refractivity contribution >= 4 is 35.0 Å². The number of alkyl halides is 1. The van der Waals surface area contributed by atoms with Crippen LogP contribution in [0.3, 0.4) is 0 Å². The average Bonchev–Trinajstić information content (AvgIpc) is 2.18. The van der Waals surface area contributed by atoms with Crippen LogP contribution in [-0.2, 0) is 4.79 Å². The summed E-state index contributed by atoms with van der Waals surface area (Å²) in [7, 11) is 0. The number of carbonyl (C=O) groups is 1. The van der Waals surface area contributed by atoms with Crippen molar-refractivity contribution < 1.29 is 4.79 Å². The predicted molar refractivity (Wildman–Crippen MR) is 62.2 cm³/mol. The third kappa shape index (κ3) is 3.24. The zero-order chi connectivity index (χ0) is 10.6. The van der Waals surface area contributed by atoms with Crippen molar-refractivity contribution in [3.8, 4) is 0 Å². The molecule has 14 heavy (non-hydrogen) atoms. The van der Waals surface area contributed by atoms with E-state index in [2.05, 4.69) is 5.32 Å². The maximum atomic E-state index is 11.3. The van der Waals surface area contributed by atoms with E-state index in [1.165, 1.54) is 0 Å². The van der Waals surface area contributed by atoms with Gasteiger partial charge in [0.2, 0.25) is 5.91 Å². The van der Waals surface area contributed by atoms with Crippen molar-refractivity contribution in [2.45, 2.75) is 17.2 Å². The molecular weight excluding hydrogens is 218 g/mol. The number of nitrogens with one attached hydrogen (secondary N) is 1. The first-order valence-corrected chi connectivity index (χ1v) is 5.88. The van der Waals surface area contributed by atoms with E-state index in [1.54, 1.807) is 18.7 Å². The molecule has 1 atom stereocenters. The molecule has 0 radical (unpaired) electrons. The van der Waals surface area contributed by atoms with Crippen molar-refractivity contribution in [1.29, 1.82) is 0 Å². The van der Waals surface area contributed by atoms with Gasteiger partial charge in [0.25, 0.3) is 0 Å². The molecule has 0 bridgehead atoms. The molecule has 76 valence electrons. The van der Waals surface area contributed by atoms with Crippen LogP contribution in [-0.4, -0.2) is 17.5 Å². The lowest BCUT2D eigenvalue weighted by Crippen LogP contribution is -2.20. The highest BCUT2D eigenvalue weighted by atomic mass is 35.5. The van der Waals surface area contributed by atoms with Crippen molar-refractivity contribution in [3.05, 3.63) is 24.3 Å². The van der Waals surface area contributed by atoms with Gasteiger partial charge in [-0.1, -0.05) is 6.07 Å². The zero-order valence-corrected chi connectivity index (χ0v) is 9.65. The van der Waals surface area contributed by atoms with Crippen molar-refractivity contribution in [2.24, 2.45) is 0 Å². The zero-order valence-electron chi connectivity index (χ0n) is 8.08. The summed E-state index contributed by atoms with van der Waals surface area (Å²) in [5.41, 5.74) is 0.786. The summed E-state index contributed by atoms with van der Waals surface area (Å²) in [5.74, 6) is -0.176. The lowest BCUT2D eigenvalue weighted by molar-refractivity contribution is -0.115. The van der Waals surface area contributed by atoms with Crippen LogP contribution in [0.15, 0.2) is 29.2 Å². The number of benzene rings is 1. The first kappa shape index (κ1) is 11.4. The average molecular weight is 230 g/mol. The molecule has 0 fully saturated rings. The highest BCUT2D eigenvalue weighted by Gasteiger charge is 2.08. The molecule has 1 rings (SSSR count). The van der Waals surface area contributed by atoms with Crippen LogP contribution in [0.1, 0.15) is 6.92 Å². The predicted octanol–water partition coefficient (Wildman–Crippen LogP) is 2.97. The van der Waals surface area contributed by atoms with Gasteiger partial charge in [-0.05, 0) is 31.4 Å². The molecule has 1 unspecified atom stereocenters. The van der Waals surface area contributed by atoms with E-state index in [0.717, 1.165) is 10.6 Å². The Morgan fingerprint density at radius 1 is 1.57 bits per heavy atom. The highest BCUT2D eigenvalue weighted by Crippen LogP contribution is 2.19. The molecule has 0 spiro atoms. The van der Waals surface area contributed by atoms with Crippen LogP contribution >= 0.6 is 23.4 Å². The molecule has 2 nitrogen and oxygen atoms in total. The summed E-state index contributed by atoms with van der Waals surface area (Å²) < 4.78 is 0. The van der Waals surface area contributed by atoms with Crippen LogP contribution in [0.4, 0.5) is 5.69 Å². The molecule has 0 heterocycles. The molecule has 0 aliphatic heterocycles. The molecule has 1 aromatic carbocycles. The van der Waals surface area contributed by atoms with Crippen molar-refractivity contribution in [3.63, 3.8) is 0 Å². The Balaban J connectivity index is 2.72. The molecule has 0 aromatic heterocycles. The highest BCUT2D eigenvalue weighted by molar-refractivity contribution is 7.98. The summed E-state index contributed by atoms with van der Waals surface area (Å²) in [6.07, 6.45) is 1.99. The minimum absolute atomic E-state index is 0.176. The van der Waals surface area contributed by atoms with Gasteiger partial charge >= 0.3 is 0 Å². The second kappa shape index (κ2) is 5.27. The fourth-order valence-electron chi connectivity index (χ4n) is 0.943. The summed E-state index contributed by atoms with van der Waals surface area (Å²) in [6, 6.07) is 7.66. The summed E-state index contributed by atoms with van der Waals surface area (Å²) >= 11 is 7.27. The van der Waals surface area contributed by atoms with Gasteiger partial charge in [0.15, 0.2) is 0 Å².